The van der Waals surface area contributed by atoms with E-state index in [0.717, 1.165) is 0 Å². The Labute approximate surface area is 139 Å². The number of methoxy groups -OCH3 is 2. The van der Waals surface area contributed by atoms with Gasteiger partial charge in [-0.3, -0.25) is 4.79 Å². The summed E-state index contributed by atoms with van der Waals surface area (Å²) in [6, 6.07) is 9.94. The quantitative estimate of drug-likeness (QED) is 0.478. The SMILES string of the molecule is COCCOc1cc(N)c(C(=O)c2ccccc2Cl)cc1OC. The lowest BCUT2D eigenvalue weighted by Gasteiger charge is -2.14. The zero-order valence-electron chi connectivity index (χ0n) is 13.0. The maximum atomic E-state index is 12.6. The Balaban J connectivity index is 2.36. The highest BCUT2D eigenvalue weighted by Gasteiger charge is 2.18. The zero-order valence-corrected chi connectivity index (χ0v) is 13.7. The van der Waals surface area contributed by atoms with Crippen LogP contribution in [0.15, 0.2) is 36.4 Å². The number of ether oxygens (including phenoxy) is 3. The molecule has 122 valence electrons. The molecule has 0 saturated carbocycles. The molecule has 0 unspecified atom stereocenters. The number of nitrogens with two attached hydrogens (primary N) is 1. The minimum absolute atomic E-state index is 0.269. The Morgan fingerprint density at radius 1 is 1.09 bits per heavy atom. The molecule has 0 atom stereocenters. The van der Waals surface area contributed by atoms with Gasteiger partial charge < -0.3 is 19.9 Å². The van der Waals surface area contributed by atoms with Gasteiger partial charge in [-0.15, -0.1) is 0 Å². The molecule has 0 heterocycles. The van der Waals surface area contributed by atoms with Gasteiger partial charge in [0.05, 0.1) is 18.7 Å². The molecule has 23 heavy (non-hydrogen) atoms. The molecule has 0 saturated heterocycles. The van der Waals surface area contributed by atoms with E-state index in [9.17, 15) is 4.79 Å². The van der Waals surface area contributed by atoms with Crippen LogP contribution >= 0.6 is 11.6 Å². The van der Waals surface area contributed by atoms with Crippen LogP contribution in [0.25, 0.3) is 0 Å². The second-order valence-corrected chi connectivity index (χ2v) is 5.15. The molecule has 5 nitrogen and oxygen atoms in total. The van der Waals surface area contributed by atoms with E-state index in [1.807, 2.05) is 0 Å². The summed E-state index contributed by atoms with van der Waals surface area (Å²) >= 11 is 6.08. The normalized spacial score (nSPS) is 10.4. The number of halogens is 1. The van der Waals surface area contributed by atoms with E-state index < -0.39 is 0 Å². The number of ketones is 1. The number of nitrogen functional groups attached to an aromatic ring is 1. The third-order valence-electron chi connectivity index (χ3n) is 3.24. The molecule has 2 aromatic rings. The first-order valence-electron chi connectivity index (χ1n) is 6.97. The highest BCUT2D eigenvalue weighted by atomic mass is 35.5. The van der Waals surface area contributed by atoms with Gasteiger partial charge in [-0.05, 0) is 18.2 Å². The van der Waals surface area contributed by atoms with Crippen molar-refractivity contribution in [3.63, 3.8) is 0 Å². The Morgan fingerprint density at radius 3 is 2.48 bits per heavy atom. The molecule has 2 aromatic carbocycles. The molecule has 2 rings (SSSR count). The molecule has 0 aliphatic rings. The summed E-state index contributed by atoms with van der Waals surface area (Å²) < 4.78 is 15.8. The number of anilines is 1. The first-order chi connectivity index (χ1) is 11.1. The molecule has 0 spiro atoms. The van der Waals surface area contributed by atoms with Crippen LogP contribution in [0.2, 0.25) is 5.02 Å². The second kappa shape index (κ2) is 7.85. The van der Waals surface area contributed by atoms with Gasteiger partial charge >= 0.3 is 0 Å². The summed E-state index contributed by atoms with van der Waals surface area (Å²) in [4.78, 5) is 12.6. The number of hydrogen-bond donors (Lipinski definition) is 1. The molecular weight excluding hydrogens is 318 g/mol. The van der Waals surface area contributed by atoms with Crippen LogP contribution in [0, 0.1) is 0 Å². The Kier molecular flexibility index (Phi) is 5.84. The lowest BCUT2D eigenvalue weighted by molar-refractivity contribution is 0.103. The van der Waals surface area contributed by atoms with E-state index >= 15 is 0 Å². The summed E-state index contributed by atoms with van der Waals surface area (Å²) in [5.74, 6) is 0.610. The minimum Gasteiger partial charge on any atom is -0.493 e. The lowest BCUT2D eigenvalue weighted by atomic mass is 10.0. The molecule has 0 amide bonds. The van der Waals surface area contributed by atoms with Crippen LogP contribution in [0.1, 0.15) is 15.9 Å². The number of rotatable bonds is 7. The van der Waals surface area contributed by atoms with E-state index in [4.69, 9.17) is 31.5 Å². The van der Waals surface area contributed by atoms with Gasteiger partial charge in [0.1, 0.15) is 6.61 Å². The van der Waals surface area contributed by atoms with Crippen molar-refractivity contribution in [2.75, 3.05) is 33.2 Å². The van der Waals surface area contributed by atoms with Gasteiger partial charge in [-0.2, -0.15) is 0 Å². The van der Waals surface area contributed by atoms with Crippen LogP contribution in [-0.4, -0.2) is 33.2 Å². The summed E-state index contributed by atoms with van der Waals surface area (Å²) in [6.45, 7) is 0.785. The van der Waals surface area contributed by atoms with E-state index in [1.54, 1.807) is 43.5 Å². The minimum atomic E-state index is -0.269. The van der Waals surface area contributed by atoms with Gasteiger partial charge in [0.15, 0.2) is 17.3 Å². The van der Waals surface area contributed by atoms with Gasteiger partial charge in [-0.1, -0.05) is 23.7 Å². The van der Waals surface area contributed by atoms with Crippen molar-refractivity contribution in [1.82, 2.24) is 0 Å². The smallest absolute Gasteiger partial charge is 0.196 e. The fraction of sp³-hybridized carbons (Fsp3) is 0.235. The molecule has 0 aliphatic heterocycles. The predicted molar refractivity (Wildman–Crippen MR) is 89.7 cm³/mol. The monoisotopic (exact) mass is 335 g/mol. The average Bonchev–Trinajstić information content (AvgIpc) is 2.55. The third kappa shape index (κ3) is 3.94. The summed E-state index contributed by atoms with van der Waals surface area (Å²) in [7, 11) is 3.08. The Bertz CT molecular complexity index is 703. The van der Waals surface area contributed by atoms with Gasteiger partial charge in [-0.25, -0.2) is 0 Å². The zero-order chi connectivity index (χ0) is 16.8. The highest BCUT2D eigenvalue weighted by molar-refractivity contribution is 6.35. The molecule has 6 heteroatoms. The Hall–Kier alpha value is -2.24. The lowest BCUT2D eigenvalue weighted by Crippen LogP contribution is -2.09. The van der Waals surface area contributed by atoms with E-state index in [1.165, 1.54) is 7.11 Å². The summed E-state index contributed by atoms with van der Waals surface area (Å²) in [6.07, 6.45) is 0. The Morgan fingerprint density at radius 2 is 1.83 bits per heavy atom. The van der Waals surface area contributed by atoms with Gasteiger partial charge in [0.2, 0.25) is 0 Å². The van der Waals surface area contributed by atoms with E-state index in [-0.39, 0.29) is 5.78 Å². The first kappa shape index (κ1) is 17.1. The number of benzene rings is 2. The number of hydrogen-bond acceptors (Lipinski definition) is 5. The standard InChI is InChI=1S/C17H18ClNO4/c1-21-7-8-23-16-10-14(19)12(9-15(16)22-2)17(20)11-5-3-4-6-13(11)18/h3-6,9-10H,7-8,19H2,1-2H3. The van der Waals surface area contributed by atoms with Crippen LogP contribution in [0.3, 0.4) is 0 Å². The van der Waals surface area contributed by atoms with Crippen LogP contribution < -0.4 is 15.2 Å². The van der Waals surface area contributed by atoms with Crippen LogP contribution in [0.4, 0.5) is 5.69 Å². The largest absolute Gasteiger partial charge is 0.493 e. The van der Waals surface area contributed by atoms with Crippen molar-refractivity contribution in [2.24, 2.45) is 0 Å². The van der Waals surface area contributed by atoms with Crippen molar-refractivity contribution < 1.29 is 19.0 Å². The van der Waals surface area contributed by atoms with Crippen molar-refractivity contribution in [3.05, 3.63) is 52.5 Å². The molecular formula is C17H18ClNO4. The molecule has 0 aliphatic carbocycles. The summed E-state index contributed by atoms with van der Waals surface area (Å²) in [5, 5.41) is 0.372. The first-order valence-corrected chi connectivity index (χ1v) is 7.34. The van der Waals surface area contributed by atoms with Crippen LogP contribution in [-0.2, 0) is 4.74 Å². The number of carbonyl (C=O) groups is 1. The van der Waals surface area contributed by atoms with E-state index in [2.05, 4.69) is 0 Å². The fourth-order valence-corrected chi connectivity index (χ4v) is 2.29. The predicted octanol–water partition coefficient (Wildman–Crippen LogP) is 3.19. The van der Waals surface area contributed by atoms with Crippen molar-refractivity contribution in [3.8, 4) is 11.5 Å². The summed E-state index contributed by atoms with van der Waals surface area (Å²) in [5.41, 5.74) is 7.00. The third-order valence-corrected chi connectivity index (χ3v) is 3.57. The van der Waals surface area contributed by atoms with Crippen molar-refractivity contribution in [1.29, 1.82) is 0 Å². The maximum Gasteiger partial charge on any atom is 0.196 e. The van der Waals surface area contributed by atoms with Crippen LogP contribution in [0.5, 0.6) is 11.5 Å². The van der Waals surface area contributed by atoms with Crippen molar-refractivity contribution in [2.45, 2.75) is 0 Å². The molecule has 0 bridgehead atoms. The molecule has 0 aromatic heterocycles. The molecule has 2 N–H and O–H groups in total. The van der Waals surface area contributed by atoms with Gasteiger partial charge in [0, 0.05) is 30.0 Å². The highest BCUT2D eigenvalue weighted by Crippen LogP contribution is 2.34. The topological polar surface area (TPSA) is 70.8 Å². The second-order valence-electron chi connectivity index (χ2n) is 4.74. The molecule has 0 fully saturated rings. The van der Waals surface area contributed by atoms with Gasteiger partial charge in [0.25, 0.3) is 0 Å². The average molecular weight is 336 g/mol. The maximum absolute atomic E-state index is 12.6. The van der Waals surface area contributed by atoms with E-state index in [0.29, 0.717) is 46.5 Å². The molecule has 0 radical (unpaired) electrons. The van der Waals surface area contributed by atoms with Crippen molar-refractivity contribution >= 4 is 23.1 Å². The number of carbonyl (C=O) groups excluding carboxylic acids is 1. The fourth-order valence-electron chi connectivity index (χ4n) is 2.07.